The van der Waals surface area contributed by atoms with Gasteiger partial charge < -0.3 is 19.9 Å². The number of anilines is 1. The Balaban J connectivity index is 1.51. The second-order valence-electron chi connectivity index (χ2n) is 10.5. The molecule has 14 nitrogen and oxygen atoms in total. The number of imide groups is 1. The number of aromatic nitrogens is 4. The van der Waals surface area contributed by atoms with Crippen molar-refractivity contribution in [3.63, 3.8) is 0 Å². The number of rotatable bonds is 15. The van der Waals surface area contributed by atoms with Crippen LogP contribution in [0.4, 0.5) is 5.95 Å². The topological polar surface area (TPSA) is 175 Å². The number of hydrogen-bond acceptors (Lipinski definition) is 8. The van der Waals surface area contributed by atoms with Gasteiger partial charge >= 0.3 is 0 Å². The van der Waals surface area contributed by atoms with Crippen LogP contribution in [0.5, 0.6) is 5.75 Å². The zero-order valence-corrected chi connectivity index (χ0v) is 25.9. The molecule has 0 bridgehead atoms. The zero-order chi connectivity index (χ0) is 32.7. The van der Waals surface area contributed by atoms with E-state index < -0.39 is 23.6 Å². The predicted octanol–water partition coefficient (Wildman–Crippen LogP) is 2.42. The van der Waals surface area contributed by atoms with Gasteiger partial charge in [0.05, 0.1) is 12.1 Å². The van der Waals surface area contributed by atoms with Gasteiger partial charge in [0.1, 0.15) is 11.3 Å². The third-order valence-electron chi connectivity index (χ3n) is 7.29. The maximum absolute atomic E-state index is 13.2. The highest BCUT2D eigenvalue weighted by molar-refractivity contribution is 6.13. The summed E-state index contributed by atoms with van der Waals surface area (Å²) in [4.78, 5) is 68.5. The number of primary amides is 1. The normalized spacial score (nSPS) is 12.9. The molecule has 1 aliphatic rings. The van der Waals surface area contributed by atoms with Crippen LogP contribution in [0, 0.1) is 6.92 Å². The Morgan fingerprint density at radius 2 is 1.82 bits per heavy atom. The number of amides is 5. The second-order valence-corrected chi connectivity index (χ2v) is 10.5. The van der Waals surface area contributed by atoms with Crippen LogP contribution in [0.25, 0.3) is 11.0 Å². The number of nitrogens with one attached hydrogen (secondary N) is 1. The maximum atomic E-state index is 13.2. The molecule has 3 N–H and O–H groups in total. The Morgan fingerprint density at radius 1 is 1.09 bits per heavy atom. The SMILES string of the molecule is CC/C=C/Cn1c(NC(=O)c2cc(C)n(CC)n2)nc2cc(C(N)=O)cc(OCCCN(C)C(=O)CCN3C(=O)C=CC3=O)c21. The summed E-state index contributed by atoms with van der Waals surface area (Å²) in [6.07, 6.45) is 7.56. The number of aryl methyl sites for hydroxylation is 2. The van der Waals surface area contributed by atoms with E-state index in [1.165, 1.54) is 23.1 Å². The highest BCUT2D eigenvalue weighted by atomic mass is 16.5. The molecule has 4 rings (SSSR count). The van der Waals surface area contributed by atoms with E-state index in [4.69, 9.17) is 10.5 Å². The van der Waals surface area contributed by atoms with E-state index in [2.05, 4.69) is 15.4 Å². The average Bonchev–Trinajstić information content (AvgIpc) is 3.67. The van der Waals surface area contributed by atoms with Gasteiger partial charge in [0.15, 0.2) is 5.69 Å². The number of hydrogen-bond donors (Lipinski definition) is 2. The first-order valence-electron chi connectivity index (χ1n) is 14.8. The van der Waals surface area contributed by atoms with Crippen molar-refractivity contribution in [2.24, 2.45) is 5.73 Å². The molecule has 1 aromatic carbocycles. The number of carbonyl (C=O) groups is 5. The van der Waals surface area contributed by atoms with Crippen LogP contribution in [0.2, 0.25) is 0 Å². The van der Waals surface area contributed by atoms with Gasteiger partial charge in [-0.3, -0.25) is 38.9 Å². The van der Waals surface area contributed by atoms with Crippen LogP contribution in [-0.4, -0.2) is 85.4 Å². The summed E-state index contributed by atoms with van der Waals surface area (Å²) in [7, 11) is 1.63. The minimum absolute atomic E-state index is 0.00894. The van der Waals surface area contributed by atoms with Gasteiger partial charge in [0, 0.05) is 63.1 Å². The number of ether oxygens (including phenoxy) is 1. The molecule has 0 saturated heterocycles. The third kappa shape index (κ3) is 7.63. The number of carbonyl (C=O) groups excluding carboxylic acids is 5. The highest BCUT2D eigenvalue weighted by Crippen LogP contribution is 2.31. The van der Waals surface area contributed by atoms with Gasteiger partial charge in [-0.2, -0.15) is 5.10 Å². The number of nitrogens with two attached hydrogens (primary N) is 1. The molecule has 3 heterocycles. The molecule has 0 atom stereocenters. The number of allylic oxidation sites excluding steroid dienone is 2. The van der Waals surface area contributed by atoms with E-state index in [0.717, 1.165) is 17.0 Å². The van der Waals surface area contributed by atoms with Gasteiger partial charge in [0.25, 0.3) is 17.7 Å². The molecule has 1 aliphatic heterocycles. The van der Waals surface area contributed by atoms with Gasteiger partial charge in [-0.25, -0.2) is 4.98 Å². The minimum atomic E-state index is -0.663. The van der Waals surface area contributed by atoms with Crippen molar-refractivity contribution in [3.05, 3.63) is 59.5 Å². The molecular formula is C31H38N8O6. The Morgan fingerprint density at radius 3 is 2.47 bits per heavy atom. The molecule has 3 aromatic rings. The van der Waals surface area contributed by atoms with Crippen molar-refractivity contribution in [2.75, 3.05) is 32.1 Å². The highest BCUT2D eigenvalue weighted by Gasteiger charge is 2.25. The van der Waals surface area contributed by atoms with Crippen molar-refractivity contribution in [1.29, 1.82) is 0 Å². The smallest absolute Gasteiger partial charge is 0.278 e. The molecule has 2 aromatic heterocycles. The summed E-state index contributed by atoms with van der Waals surface area (Å²) in [6, 6.07) is 4.79. The maximum Gasteiger partial charge on any atom is 0.278 e. The van der Waals surface area contributed by atoms with Gasteiger partial charge in [0.2, 0.25) is 17.8 Å². The Labute approximate surface area is 260 Å². The first-order valence-corrected chi connectivity index (χ1v) is 14.8. The van der Waals surface area contributed by atoms with Crippen molar-refractivity contribution in [2.45, 2.75) is 53.1 Å². The van der Waals surface area contributed by atoms with Crippen LogP contribution in [0.3, 0.4) is 0 Å². The Bertz CT molecular complexity index is 1670. The lowest BCUT2D eigenvalue weighted by molar-refractivity contribution is -0.137. The first-order chi connectivity index (χ1) is 21.5. The monoisotopic (exact) mass is 618 g/mol. The predicted molar refractivity (Wildman–Crippen MR) is 166 cm³/mol. The minimum Gasteiger partial charge on any atom is -0.491 e. The van der Waals surface area contributed by atoms with Crippen molar-refractivity contribution < 1.29 is 28.7 Å². The first kappa shape index (κ1) is 32.6. The summed E-state index contributed by atoms with van der Waals surface area (Å²) in [5, 5.41) is 7.21. The fraction of sp³-hybridized carbons (Fsp3) is 0.387. The summed E-state index contributed by atoms with van der Waals surface area (Å²) >= 11 is 0. The molecule has 0 saturated carbocycles. The van der Waals surface area contributed by atoms with E-state index in [9.17, 15) is 24.0 Å². The summed E-state index contributed by atoms with van der Waals surface area (Å²) in [6.45, 7) is 7.36. The van der Waals surface area contributed by atoms with Crippen molar-refractivity contribution >= 4 is 46.5 Å². The quantitative estimate of drug-likeness (QED) is 0.148. The molecule has 5 amide bonds. The second kappa shape index (κ2) is 14.5. The number of nitrogens with zero attached hydrogens (tertiary/aromatic N) is 6. The lowest BCUT2D eigenvalue weighted by atomic mass is 10.1. The van der Waals surface area contributed by atoms with E-state index in [0.29, 0.717) is 42.8 Å². The standard InChI is InChI=1S/C31H38N8O6/c1-5-7-8-14-38-28-22(33-31(38)34-30(44)23-17-20(3)39(6-2)35-23)18-21(29(32)43)19-24(28)45-16-9-13-36(4)25(40)12-15-37-26(41)10-11-27(37)42/h7-8,10-11,17-19H,5-6,9,12-16H2,1-4H3,(H2,32,43)(H,33,34,44)/b8-7+. The Hall–Kier alpha value is -5.27. The van der Waals surface area contributed by atoms with E-state index >= 15 is 0 Å². The lowest BCUT2D eigenvalue weighted by Crippen LogP contribution is -2.36. The van der Waals surface area contributed by atoms with E-state index in [1.54, 1.807) is 28.4 Å². The molecule has 0 aliphatic carbocycles. The number of fused-ring (bicyclic) bond motifs is 1. The number of imidazole rings is 1. The molecule has 45 heavy (non-hydrogen) atoms. The molecule has 0 radical (unpaired) electrons. The van der Waals surface area contributed by atoms with Gasteiger partial charge in [-0.1, -0.05) is 19.1 Å². The van der Waals surface area contributed by atoms with Gasteiger partial charge in [-0.05, 0) is 44.9 Å². The van der Waals surface area contributed by atoms with Crippen LogP contribution in [0.1, 0.15) is 59.7 Å². The molecule has 14 heteroatoms. The lowest BCUT2D eigenvalue weighted by Gasteiger charge is -2.19. The van der Waals surface area contributed by atoms with Crippen LogP contribution in [0.15, 0.2) is 42.5 Å². The van der Waals surface area contributed by atoms with E-state index in [1.807, 2.05) is 32.9 Å². The van der Waals surface area contributed by atoms with Crippen LogP contribution < -0.4 is 15.8 Å². The molecule has 0 unspecified atom stereocenters. The van der Waals surface area contributed by atoms with Crippen LogP contribution >= 0.6 is 0 Å². The van der Waals surface area contributed by atoms with Crippen molar-refractivity contribution in [3.8, 4) is 5.75 Å². The van der Waals surface area contributed by atoms with Crippen molar-refractivity contribution in [1.82, 2.24) is 29.1 Å². The number of benzene rings is 1. The largest absolute Gasteiger partial charge is 0.491 e. The Kier molecular flexibility index (Phi) is 10.5. The summed E-state index contributed by atoms with van der Waals surface area (Å²) in [5.41, 5.74) is 7.87. The molecule has 238 valence electrons. The summed E-state index contributed by atoms with van der Waals surface area (Å²) in [5.74, 6) is -1.57. The zero-order valence-electron chi connectivity index (χ0n) is 25.9. The summed E-state index contributed by atoms with van der Waals surface area (Å²) < 4.78 is 9.64. The van der Waals surface area contributed by atoms with E-state index in [-0.39, 0.29) is 42.7 Å². The molecular weight excluding hydrogens is 580 g/mol. The van der Waals surface area contributed by atoms with Gasteiger partial charge in [-0.15, -0.1) is 0 Å². The average molecular weight is 619 g/mol. The fourth-order valence-electron chi connectivity index (χ4n) is 4.87. The fourth-order valence-corrected chi connectivity index (χ4v) is 4.87. The molecule has 0 fully saturated rings. The van der Waals surface area contributed by atoms with Crippen LogP contribution in [-0.2, 0) is 27.5 Å². The molecule has 0 spiro atoms. The third-order valence-corrected chi connectivity index (χ3v) is 7.29.